The van der Waals surface area contributed by atoms with E-state index in [0.717, 1.165) is 11.4 Å². The van der Waals surface area contributed by atoms with Crippen LogP contribution in [0.2, 0.25) is 0 Å². The highest BCUT2D eigenvalue weighted by Gasteiger charge is 2.18. The molecule has 0 bridgehead atoms. The van der Waals surface area contributed by atoms with E-state index in [1.807, 2.05) is 6.92 Å². The van der Waals surface area contributed by atoms with Crippen LogP contribution in [0.1, 0.15) is 24.4 Å². The second kappa shape index (κ2) is 5.93. The summed E-state index contributed by atoms with van der Waals surface area (Å²) in [5.41, 5.74) is 6.42. The molecule has 0 saturated carbocycles. The molecule has 1 atom stereocenters. The molecule has 0 spiro atoms. The van der Waals surface area contributed by atoms with Gasteiger partial charge in [-0.1, -0.05) is 18.3 Å². The molecule has 1 heterocycles. The summed E-state index contributed by atoms with van der Waals surface area (Å²) in [6.07, 6.45) is 0.761. The lowest BCUT2D eigenvalue weighted by Gasteiger charge is -2.03. The van der Waals surface area contributed by atoms with Crippen molar-refractivity contribution in [2.75, 3.05) is 7.11 Å². The van der Waals surface area contributed by atoms with E-state index in [9.17, 15) is 10.1 Å². The summed E-state index contributed by atoms with van der Waals surface area (Å²) in [5, 5.41) is 20.4. The van der Waals surface area contributed by atoms with Crippen LogP contribution in [0.4, 0.5) is 5.69 Å². The van der Waals surface area contributed by atoms with E-state index < -0.39 is 4.92 Å². The maximum Gasteiger partial charge on any atom is 0.311 e. The van der Waals surface area contributed by atoms with Gasteiger partial charge in [0, 0.05) is 11.6 Å². The van der Waals surface area contributed by atoms with Gasteiger partial charge in [0.15, 0.2) is 5.75 Å². The number of rotatable bonds is 5. The molecule has 0 aliphatic rings. The van der Waals surface area contributed by atoms with Gasteiger partial charge in [0.2, 0.25) is 0 Å². The summed E-state index contributed by atoms with van der Waals surface area (Å²) in [6, 6.07) is 4.54. The van der Waals surface area contributed by atoms with Crippen molar-refractivity contribution in [2.24, 2.45) is 5.73 Å². The molecule has 2 rings (SSSR count). The molecule has 106 valence electrons. The first kappa shape index (κ1) is 14.4. The smallest absolute Gasteiger partial charge is 0.311 e. The van der Waals surface area contributed by atoms with Crippen LogP contribution in [0.15, 0.2) is 18.2 Å². The molecular formula is C12H14N4O3S. The van der Waals surface area contributed by atoms with Crippen LogP contribution in [0, 0.1) is 10.1 Å². The molecule has 2 N–H and O–H groups in total. The van der Waals surface area contributed by atoms with Crippen LogP contribution in [0.25, 0.3) is 10.6 Å². The molecule has 0 amide bonds. The average molecular weight is 294 g/mol. The van der Waals surface area contributed by atoms with E-state index in [0.29, 0.717) is 10.6 Å². The highest BCUT2D eigenvalue weighted by molar-refractivity contribution is 7.14. The number of hydrogen-bond acceptors (Lipinski definition) is 7. The Balaban J connectivity index is 2.40. The fourth-order valence-corrected chi connectivity index (χ4v) is 2.57. The normalized spacial score (nSPS) is 12.2. The summed E-state index contributed by atoms with van der Waals surface area (Å²) in [4.78, 5) is 10.5. The third-order valence-corrected chi connectivity index (χ3v) is 3.92. The van der Waals surface area contributed by atoms with E-state index in [2.05, 4.69) is 10.2 Å². The van der Waals surface area contributed by atoms with Crippen molar-refractivity contribution in [2.45, 2.75) is 19.4 Å². The van der Waals surface area contributed by atoms with Crippen LogP contribution in [-0.2, 0) is 0 Å². The monoisotopic (exact) mass is 294 g/mol. The number of methoxy groups -OCH3 is 1. The number of nitro groups is 1. The fraction of sp³-hybridized carbons (Fsp3) is 0.333. The Kier molecular flexibility index (Phi) is 4.26. The molecule has 0 saturated heterocycles. The molecule has 20 heavy (non-hydrogen) atoms. The van der Waals surface area contributed by atoms with Gasteiger partial charge in [-0.15, -0.1) is 10.2 Å². The van der Waals surface area contributed by atoms with Crippen LogP contribution in [0.5, 0.6) is 5.75 Å². The lowest BCUT2D eigenvalue weighted by Crippen LogP contribution is -2.07. The first-order valence-corrected chi connectivity index (χ1v) is 6.80. The van der Waals surface area contributed by atoms with E-state index >= 15 is 0 Å². The predicted molar refractivity (Wildman–Crippen MR) is 75.8 cm³/mol. The van der Waals surface area contributed by atoms with E-state index in [1.54, 1.807) is 12.1 Å². The molecule has 8 heteroatoms. The summed E-state index contributed by atoms with van der Waals surface area (Å²) >= 11 is 1.34. The summed E-state index contributed by atoms with van der Waals surface area (Å²) in [6.45, 7) is 1.96. The molecule has 1 aromatic carbocycles. The molecule has 7 nitrogen and oxygen atoms in total. The number of nitro benzene ring substituents is 1. The molecule has 0 radical (unpaired) electrons. The number of ether oxygens (including phenoxy) is 1. The van der Waals surface area contributed by atoms with Crippen molar-refractivity contribution in [3.8, 4) is 16.3 Å². The minimum absolute atomic E-state index is 0.0958. The maximum absolute atomic E-state index is 11.0. The number of nitrogens with zero attached hydrogens (tertiary/aromatic N) is 3. The van der Waals surface area contributed by atoms with Gasteiger partial charge in [0.1, 0.15) is 10.0 Å². The first-order chi connectivity index (χ1) is 9.56. The lowest BCUT2D eigenvalue weighted by atomic mass is 10.2. The maximum atomic E-state index is 11.0. The number of nitrogens with two attached hydrogens (primary N) is 1. The molecule has 1 unspecified atom stereocenters. The van der Waals surface area contributed by atoms with Gasteiger partial charge in [0.05, 0.1) is 18.1 Å². The highest BCUT2D eigenvalue weighted by Crippen LogP contribution is 2.34. The second-order valence-corrected chi connectivity index (χ2v) is 5.11. The van der Waals surface area contributed by atoms with Crippen molar-refractivity contribution in [1.82, 2.24) is 10.2 Å². The van der Waals surface area contributed by atoms with Gasteiger partial charge in [-0.2, -0.15) is 0 Å². The Bertz CT molecular complexity index is 629. The van der Waals surface area contributed by atoms with Crippen LogP contribution >= 0.6 is 11.3 Å². The zero-order chi connectivity index (χ0) is 14.7. The quantitative estimate of drug-likeness (QED) is 0.671. The van der Waals surface area contributed by atoms with Crippen LogP contribution < -0.4 is 10.5 Å². The van der Waals surface area contributed by atoms with Crippen LogP contribution in [0.3, 0.4) is 0 Å². The Morgan fingerprint density at radius 3 is 2.85 bits per heavy atom. The third-order valence-electron chi connectivity index (χ3n) is 2.82. The van der Waals surface area contributed by atoms with Gasteiger partial charge in [-0.25, -0.2) is 0 Å². The van der Waals surface area contributed by atoms with E-state index in [-0.39, 0.29) is 17.5 Å². The second-order valence-electron chi connectivity index (χ2n) is 4.10. The SMILES string of the molecule is CCC(N)c1nnc(-c2ccc(OC)c([N+](=O)[O-])c2)s1. The Hall–Kier alpha value is -2.06. The number of benzene rings is 1. The molecule has 0 aliphatic carbocycles. The van der Waals surface area contributed by atoms with Crippen molar-refractivity contribution >= 4 is 17.0 Å². The molecular weight excluding hydrogens is 280 g/mol. The molecule has 0 aliphatic heterocycles. The highest BCUT2D eigenvalue weighted by atomic mass is 32.1. The van der Waals surface area contributed by atoms with Crippen molar-refractivity contribution in [1.29, 1.82) is 0 Å². The zero-order valence-electron chi connectivity index (χ0n) is 11.1. The van der Waals surface area contributed by atoms with E-state index in [4.69, 9.17) is 10.5 Å². The van der Waals surface area contributed by atoms with Crippen molar-refractivity contribution < 1.29 is 9.66 Å². The molecule has 0 fully saturated rings. The van der Waals surface area contributed by atoms with Gasteiger partial charge in [-0.05, 0) is 18.6 Å². The average Bonchev–Trinajstić information content (AvgIpc) is 2.95. The van der Waals surface area contributed by atoms with Crippen LogP contribution in [-0.4, -0.2) is 22.2 Å². The van der Waals surface area contributed by atoms with E-state index in [1.165, 1.54) is 24.5 Å². The largest absolute Gasteiger partial charge is 0.490 e. The Morgan fingerprint density at radius 1 is 1.50 bits per heavy atom. The topological polar surface area (TPSA) is 104 Å². The third kappa shape index (κ3) is 2.75. The van der Waals surface area contributed by atoms with Crippen molar-refractivity contribution in [3.63, 3.8) is 0 Å². The summed E-state index contributed by atoms with van der Waals surface area (Å²) in [7, 11) is 1.39. The number of hydrogen-bond donors (Lipinski definition) is 1. The first-order valence-electron chi connectivity index (χ1n) is 5.98. The molecule has 1 aromatic heterocycles. The Morgan fingerprint density at radius 2 is 2.25 bits per heavy atom. The van der Waals surface area contributed by atoms with Gasteiger partial charge in [0.25, 0.3) is 0 Å². The Labute approximate surface area is 119 Å². The standard InChI is InChI=1S/C12H14N4O3S/c1-3-8(13)12-15-14-11(20-12)7-4-5-10(19-2)9(6-7)16(17)18/h4-6,8H,3,13H2,1-2H3. The minimum Gasteiger partial charge on any atom is -0.490 e. The van der Waals surface area contributed by atoms with Crippen molar-refractivity contribution in [3.05, 3.63) is 33.3 Å². The van der Waals surface area contributed by atoms with Gasteiger partial charge < -0.3 is 10.5 Å². The lowest BCUT2D eigenvalue weighted by molar-refractivity contribution is -0.385. The molecule has 2 aromatic rings. The van der Waals surface area contributed by atoms with Gasteiger partial charge >= 0.3 is 5.69 Å². The summed E-state index contributed by atoms with van der Waals surface area (Å²) < 4.78 is 4.96. The predicted octanol–water partition coefficient (Wildman–Crippen LogP) is 2.53. The fourth-order valence-electron chi connectivity index (χ4n) is 1.64. The summed E-state index contributed by atoms with van der Waals surface area (Å²) in [5.74, 6) is 0.216. The van der Waals surface area contributed by atoms with Gasteiger partial charge in [-0.3, -0.25) is 10.1 Å². The zero-order valence-corrected chi connectivity index (χ0v) is 11.9. The number of aromatic nitrogens is 2. The minimum atomic E-state index is -0.484.